The van der Waals surface area contributed by atoms with Gasteiger partial charge in [0, 0.05) is 11.1 Å². The van der Waals surface area contributed by atoms with Crippen LogP contribution in [0.5, 0.6) is 40.4 Å². The first-order valence-corrected chi connectivity index (χ1v) is 17.7. The number of nitrogens with one attached hydrogen (secondary N) is 1. The Morgan fingerprint density at radius 3 is 2.05 bits per heavy atom. The molecule has 0 saturated heterocycles. The van der Waals surface area contributed by atoms with Crippen LogP contribution in [-0.4, -0.2) is 98.8 Å². The van der Waals surface area contributed by atoms with Crippen LogP contribution in [0.25, 0.3) is 11.1 Å². The monoisotopic (exact) mass is 787 g/mol. The molecule has 6 rings (SSSR count). The minimum atomic E-state index is -4.30. The Bertz CT molecular complexity index is 2210. The second-order valence-electron chi connectivity index (χ2n) is 11.3. The summed E-state index contributed by atoms with van der Waals surface area (Å²) in [5, 5.41) is 17.2. The van der Waals surface area contributed by atoms with E-state index in [-0.39, 0.29) is 107 Å². The van der Waals surface area contributed by atoms with Gasteiger partial charge in [-0.15, -0.1) is 0 Å². The summed E-state index contributed by atoms with van der Waals surface area (Å²) in [6.07, 6.45) is 0. The predicted molar refractivity (Wildman–Crippen MR) is 180 cm³/mol. The van der Waals surface area contributed by atoms with Gasteiger partial charge in [0.25, 0.3) is 15.7 Å². The van der Waals surface area contributed by atoms with Gasteiger partial charge in [-0.05, 0) is 36.1 Å². The van der Waals surface area contributed by atoms with Crippen LogP contribution >= 0.6 is 0 Å². The SMILES string of the molecule is COC(=O)c1cc(OC)c2c(c1-c1c(C(=O)N[C@@H](C)C(=O)OCCOCCOc3no[n+]([O-])c3S(=O)(=O)c3ccccc3)cc(OC)c3c1OCO3)OCO2. The number of carbonyl (C=O) groups excluding carboxylic acids is 3. The zero-order valence-corrected chi connectivity index (χ0v) is 30.4. The number of hydrogen-bond donors (Lipinski definition) is 1. The van der Waals surface area contributed by atoms with Crippen molar-refractivity contribution in [2.75, 3.05) is 61.3 Å². The van der Waals surface area contributed by atoms with Crippen molar-refractivity contribution in [1.29, 1.82) is 0 Å². The first-order valence-electron chi connectivity index (χ1n) is 16.2. The summed E-state index contributed by atoms with van der Waals surface area (Å²) >= 11 is 0. The first-order chi connectivity index (χ1) is 26.5. The summed E-state index contributed by atoms with van der Waals surface area (Å²) in [5.74, 6) is -2.21. The van der Waals surface area contributed by atoms with Crippen molar-refractivity contribution in [3.05, 3.63) is 58.8 Å². The molecular formula is C34H33N3O17S. The number of carbonyl (C=O) groups is 3. The highest BCUT2D eigenvalue weighted by molar-refractivity contribution is 7.91. The van der Waals surface area contributed by atoms with Gasteiger partial charge in [0.15, 0.2) is 23.0 Å². The minimum Gasteiger partial charge on any atom is -0.493 e. The maximum atomic E-state index is 13.9. The second-order valence-corrected chi connectivity index (χ2v) is 13.2. The Hall–Kier alpha value is -6.48. The lowest BCUT2D eigenvalue weighted by molar-refractivity contribution is -0.832. The normalized spacial score (nSPS) is 13.2. The summed E-state index contributed by atoms with van der Waals surface area (Å²) in [4.78, 5) is 39.5. The number of amides is 1. The fourth-order valence-corrected chi connectivity index (χ4v) is 6.82. The lowest BCUT2D eigenvalue weighted by Crippen LogP contribution is -2.40. The molecule has 0 spiro atoms. The average molecular weight is 788 g/mol. The molecule has 3 aromatic carbocycles. The van der Waals surface area contributed by atoms with Crippen LogP contribution in [0.4, 0.5) is 0 Å². The van der Waals surface area contributed by atoms with Crippen LogP contribution in [-0.2, 0) is 28.8 Å². The standard InChI is InChI=1S/C34H33N3O17S/c1-18(33(39)49-13-11-47-10-12-48-31-32(37(41)54-36-31)55(42,43)19-8-6-5-7-9-19)35-30(38)20-14-22(44-2)26-28(52-16-50-26)24(20)25-21(34(40)46-4)15-23(45-3)27-29(25)53-17-51-27/h5-9,14-15,18H,10-13,16-17H2,1-4H3,(H,35,38)/t18-/m0/s1. The summed E-state index contributed by atoms with van der Waals surface area (Å²) in [5.41, 5.74) is 0.000638. The minimum absolute atomic E-state index is 0.0499. The number of rotatable bonds is 16. The Kier molecular flexibility index (Phi) is 11.3. The zero-order valence-electron chi connectivity index (χ0n) is 29.6. The zero-order chi connectivity index (χ0) is 39.3. The van der Waals surface area contributed by atoms with Crippen molar-refractivity contribution in [1.82, 2.24) is 10.5 Å². The van der Waals surface area contributed by atoms with Crippen molar-refractivity contribution >= 4 is 27.7 Å². The Balaban J connectivity index is 1.10. The Morgan fingerprint density at radius 2 is 1.44 bits per heavy atom. The molecule has 21 heteroatoms. The molecule has 1 amide bonds. The van der Waals surface area contributed by atoms with Crippen LogP contribution in [0, 0.1) is 5.21 Å². The van der Waals surface area contributed by atoms with Gasteiger partial charge >= 0.3 is 22.8 Å². The smallest absolute Gasteiger partial charge is 0.415 e. The maximum absolute atomic E-state index is 13.9. The van der Waals surface area contributed by atoms with Gasteiger partial charge in [-0.1, -0.05) is 18.2 Å². The van der Waals surface area contributed by atoms with Crippen LogP contribution in [0.3, 0.4) is 0 Å². The van der Waals surface area contributed by atoms with E-state index < -0.39 is 44.6 Å². The predicted octanol–water partition coefficient (Wildman–Crippen LogP) is 1.83. The van der Waals surface area contributed by atoms with Gasteiger partial charge in [-0.2, -0.15) is 0 Å². The lowest BCUT2D eigenvalue weighted by Gasteiger charge is -2.20. The molecule has 2 aliphatic heterocycles. The third-order valence-corrected chi connectivity index (χ3v) is 9.78. The van der Waals surface area contributed by atoms with E-state index >= 15 is 0 Å². The molecule has 1 N–H and O–H groups in total. The van der Waals surface area contributed by atoms with Gasteiger partial charge in [-0.25, -0.2) is 18.0 Å². The molecular weight excluding hydrogens is 754 g/mol. The van der Waals surface area contributed by atoms with Crippen LogP contribution in [0.2, 0.25) is 0 Å². The summed E-state index contributed by atoms with van der Waals surface area (Å²) in [6, 6.07) is 8.72. The molecule has 1 atom stereocenters. The number of fused-ring (bicyclic) bond motifs is 2. The molecule has 3 heterocycles. The Morgan fingerprint density at radius 1 is 0.855 bits per heavy atom. The highest BCUT2D eigenvalue weighted by atomic mass is 32.2. The van der Waals surface area contributed by atoms with E-state index in [1.165, 1.54) is 64.7 Å². The van der Waals surface area contributed by atoms with Crippen molar-refractivity contribution in [2.24, 2.45) is 0 Å². The third kappa shape index (κ3) is 7.51. The van der Waals surface area contributed by atoms with Gasteiger partial charge in [0.05, 0.1) is 55.7 Å². The highest BCUT2D eigenvalue weighted by Gasteiger charge is 2.38. The van der Waals surface area contributed by atoms with Crippen molar-refractivity contribution in [3.8, 4) is 51.5 Å². The molecule has 55 heavy (non-hydrogen) atoms. The maximum Gasteiger partial charge on any atom is 0.415 e. The molecule has 0 saturated carbocycles. The molecule has 0 bridgehead atoms. The van der Waals surface area contributed by atoms with E-state index in [2.05, 4.69) is 15.1 Å². The van der Waals surface area contributed by atoms with E-state index in [0.29, 0.717) is 0 Å². The Labute approximate surface area is 312 Å². The molecule has 292 valence electrons. The van der Waals surface area contributed by atoms with Crippen LogP contribution in [0.15, 0.2) is 57.0 Å². The summed E-state index contributed by atoms with van der Waals surface area (Å²) < 4.78 is 84.9. The highest BCUT2D eigenvalue weighted by Crippen LogP contribution is 2.56. The quantitative estimate of drug-likeness (QED) is 0.0967. The molecule has 1 aromatic heterocycles. The number of methoxy groups -OCH3 is 3. The fraction of sp³-hybridized carbons (Fsp3) is 0.324. The number of nitrogens with zero attached hydrogens (tertiary/aromatic N) is 2. The number of benzene rings is 3. The van der Waals surface area contributed by atoms with E-state index in [0.717, 1.165) is 0 Å². The summed E-state index contributed by atoms with van der Waals surface area (Å²) in [7, 11) is -0.379. The number of aromatic nitrogens is 2. The van der Waals surface area contributed by atoms with E-state index in [4.69, 9.17) is 47.4 Å². The number of ether oxygens (including phenoxy) is 10. The van der Waals surface area contributed by atoms with Gasteiger partial charge in [0.2, 0.25) is 25.1 Å². The van der Waals surface area contributed by atoms with Crippen molar-refractivity contribution in [3.63, 3.8) is 0 Å². The number of hydrogen-bond acceptors (Lipinski definition) is 18. The van der Waals surface area contributed by atoms with E-state index in [1.54, 1.807) is 6.07 Å². The third-order valence-electron chi connectivity index (χ3n) is 8.05. The lowest BCUT2D eigenvalue weighted by atomic mass is 9.91. The van der Waals surface area contributed by atoms with Gasteiger partial charge < -0.3 is 57.9 Å². The molecule has 2 aliphatic rings. The van der Waals surface area contributed by atoms with E-state index in [1.807, 2.05) is 0 Å². The van der Waals surface area contributed by atoms with Crippen LogP contribution in [0.1, 0.15) is 27.6 Å². The molecule has 20 nitrogen and oxygen atoms in total. The largest absolute Gasteiger partial charge is 0.493 e. The molecule has 0 aliphatic carbocycles. The fourth-order valence-electron chi connectivity index (χ4n) is 5.53. The summed E-state index contributed by atoms with van der Waals surface area (Å²) in [6.45, 7) is 0.227. The van der Waals surface area contributed by atoms with Gasteiger partial charge in [-0.3, -0.25) is 9.42 Å². The second kappa shape index (κ2) is 16.3. The topological polar surface area (TPSA) is 243 Å². The van der Waals surface area contributed by atoms with Crippen molar-refractivity contribution < 1.29 is 79.7 Å². The van der Waals surface area contributed by atoms with Gasteiger partial charge in [0.1, 0.15) is 19.3 Å². The number of esters is 2. The first kappa shape index (κ1) is 38.3. The van der Waals surface area contributed by atoms with Crippen molar-refractivity contribution in [2.45, 2.75) is 22.9 Å². The molecule has 4 aromatic rings. The molecule has 0 fully saturated rings. The number of sulfone groups is 1. The van der Waals surface area contributed by atoms with Crippen LogP contribution < -0.4 is 43.4 Å². The molecule has 0 radical (unpaired) electrons. The molecule has 0 unspecified atom stereocenters. The average Bonchev–Trinajstić information content (AvgIpc) is 3.97. The van der Waals surface area contributed by atoms with E-state index in [9.17, 15) is 28.0 Å².